The van der Waals surface area contributed by atoms with Gasteiger partial charge in [0.25, 0.3) is 0 Å². The van der Waals surface area contributed by atoms with Gasteiger partial charge in [-0.2, -0.15) is 15.2 Å². The minimum Gasteiger partial charge on any atom is -0.493 e. The van der Waals surface area contributed by atoms with Gasteiger partial charge in [0.2, 0.25) is 0 Å². The number of pyridine rings is 2. The molecule has 15 nitrogen and oxygen atoms in total. The zero-order valence-corrected chi connectivity index (χ0v) is 35.7. The lowest BCUT2D eigenvalue weighted by Gasteiger charge is -2.14. The highest BCUT2D eigenvalue weighted by Gasteiger charge is 2.23. The lowest BCUT2D eigenvalue weighted by molar-refractivity contribution is 0.356. The predicted octanol–water partition coefficient (Wildman–Crippen LogP) is 7.57. The first kappa shape index (κ1) is 40.5. The molecule has 0 fully saturated rings. The number of methoxy groups -OCH3 is 1. The third-order valence-corrected chi connectivity index (χ3v) is 11.4. The van der Waals surface area contributed by atoms with Crippen molar-refractivity contribution >= 4 is 45.2 Å². The van der Waals surface area contributed by atoms with Crippen molar-refractivity contribution in [3.05, 3.63) is 106 Å². The first-order valence-electron chi connectivity index (χ1n) is 19.9. The number of aryl methyl sites for hydroxylation is 4. The van der Waals surface area contributed by atoms with Crippen molar-refractivity contribution in [1.29, 1.82) is 0 Å². The fourth-order valence-electron chi connectivity index (χ4n) is 7.94. The molecule has 0 spiro atoms. The molecule has 0 unspecified atom stereocenters. The molecule has 2 N–H and O–H groups in total. The van der Waals surface area contributed by atoms with Crippen LogP contribution < -0.4 is 24.8 Å². The summed E-state index contributed by atoms with van der Waals surface area (Å²) in [5, 5.41) is 17.6. The third kappa shape index (κ3) is 7.65. The summed E-state index contributed by atoms with van der Waals surface area (Å²) in [5.74, 6) is 2.17. The van der Waals surface area contributed by atoms with Crippen LogP contribution in [0.5, 0.6) is 17.5 Å². The maximum absolute atomic E-state index is 14.5. The predicted molar refractivity (Wildman–Crippen MR) is 233 cm³/mol. The number of nitrogens with one attached hydrogen (secondary N) is 2. The van der Waals surface area contributed by atoms with Gasteiger partial charge in [-0.05, 0) is 56.5 Å². The first-order chi connectivity index (χ1) is 30.1. The Morgan fingerprint density at radius 2 is 1.19 bits per heavy atom. The molecular formula is C44H42F2N12O3S. The molecule has 18 heteroatoms. The van der Waals surface area contributed by atoms with E-state index in [1.165, 1.54) is 31.0 Å². The lowest BCUT2D eigenvalue weighted by Crippen LogP contribution is -2.08. The maximum Gasteiger partial charge on any atom is 0.316 e. The number of aromatic nitrogens is 10. The highest BCUT2D eigenvalue weighted by atomic mass is 32.2. The normalized spacial score (nSPS) is 12.7. The minimum absolute atomic E-state index is 0.246. The molecule has 0 saturated heterocycles. The molecule has 8 aromatic rings. The summed E-state index contributed by atoms with van der Waals surface area (Å²) in [6.45, 7) is 5.61. The smallest absolute Gasteiger partial charge is 0.316 e. The van der Waals surface area contributed by atoms with Crippen LogP contribution in [0.15, 0.2) is 66.3 Å². The topological polar surface area (TPSA) is 165 Å². The third-order valence-electron chi connectivity index (χ3n) is 10.9. The van der Waals surface area contributed by atoms with Crippen LogP contribution in [0.25, 0.3) is 44.3 Å². The second-order valence-corrected chi connectivity index (χ2v) is 15.6. The summed E-state index contributed by atoms with van der Waals surface area (Å²) >= 11 is 1.48. The number of halogens is 2. The summed E-state index contributed by atoms with van der Waals surface area (Å²) < 4.78 is 49.1. The Labute approximate surface area is 359 Å². The molecule has 10 rings (SSSR count). The van der Waals surface area contributed by atoms with Gasteiger partial charge < -0.3 is 24.8 Å². The van der Waals surface area contributed by atoms with Gasteiger partial charge in [-0.15, -0.1) is 0 Å². The molecule has 0 amide bonds. The zero-order valence-electron chi connectivity index (χ0n) is 34.9. The fourth-order valence-corrected chi connectivity index (χ4v) is 8.28. The zero-order chi connectivity index (χ0) is 43.1. The Kier molecular flexibility index (Phi) is 11.0. The molecular weight excluding hydrogens is 815 g/mol. The van der Waals surface area contributed by atoms with E-state index in [0.717, 1.165) is 67.4 Å². The Morgan fingerprint density at radius 1 is 0.694 bits per heavy atom. The SMILES string of the molecule is COc1ncc2c(NCc3c(F)ccc4c3CCO4)ncc(-c3cc(C)nn3C)c2n1.CSc1ncc2c(NCc3c(F)ccc4c3CCO4)ncc(-c3cc(C)nn3C)c2n1. The number of ether oxygens (including phenoxy) is 3. The van der Waals surface area contributed by atoms with E-state index >= 15 is 0 Å². The molecule has 0 atom stereocenters. The van der Waals surface area contributed by atoms with Gasteiger partial charge in [0.15, 0.2) is 5.16 Å². The van der Waals surface area contributed by atoms with E-state index < -0.39 is 0 Å². The van der Waals surface area contributed by atoms with Gasteiger partial charge in [0.05, 0.1) is 64.9 Å². The number of thioether (sulfide) groups is 1. The van der Waals surface area contributed by atoms with Crippen molar-refractivity contribution in [2.24, 2.45) is 14.1 Å². The van der Waals surface area contributed by atoms with Crippen LogP contribution >= 0.6 is 11.8 Å². The van der Waals surface area contributed by atoms with E-state index in [1.54, 1.807) is 41.6 Å². The van der Waals surface area contributed by atoms with E-state index in [2.05, 4.69) is 45.8 Å². The molecule has 0 radical (unpaired) electrons. The monoisotopic (exact) mass is 856 g/mol. The number of fused-ring (bicyclic) bond motifs is 4. The van der Waals surface area contributed by atoms with Crippen molar-refractivity contribution in [1.82, 2.24) is 49.5 Å². The highest BCUT2D eigenvalue weighted by molar-refractivity contribution is 7.98. The van der Waals surface area contributed by atoms with Gasteiger partial charge in [-0.25, -0.2) is 33.7 Å². The average molecular weight is 857 g/mol. The molecule has 8 heterocycles. The fraction of sp³-hybridized carbons (Fsp3) is 0.273. The second kappa shape index (κ2) is 16.8. The quantitative estimate of drug-likeness (QED) is 0.102. The van der Waals surface area contributed by atoms with Gasteiger partial charge in [-0.1, -0.05) is 11.8 Å². The summed E-state index contributed by atoms with van der Waals surface area (Å²) in [4.78, 5) is 27.2. The number of nitrogens with zero attached hydrogens (tertiary/aromatic N) is 10. The van der Waals surface area contributed by atoms with Crippen molar-refractivity contribution < 1.29 is 23.0 Å². The lowest BCUT2D eigenvalue weighted by atomic mass is 10.0. The second-order valence-electron chi connectivity index (χ2n) is 14.8. The molecule has 2 aliphatic heterocycles. The molecule has 0 saturated carbocycles. The van der Waals surface area contributed by atoms with E-state index in [0.29, 0.717) is 71.4 Å². The number of rotatable bonds is 10. The molecule has 316 valence electrons. The van der Waals surface area contributed by atoms with Crippen molar-refractivity contribution in [3.8, 4) is 40.0 Å². The number of hydrogen-bond acceptors (Lipinski definition) is 14. The standard InChI is InChI=1S/C22H21FN6O2.C22H21FN6OS/c1-12-8-18(29(2)28-12)15-10-25-21(16-11-26-22(30-3)27-20(15)16)24-9-14-13-6-7-31-19(13)5-4-17(14)23;1-12-8-18(29(2)28-12)15-10-25-21(16-11-26-22(31-3)27-20(15)16)24-9-14-13-6-7-30-19(13)5-4-17(14)23/h2*4-5,8,10-11H,6-7,9H2,1-3H3,(H,24,25). The molecule has 6 aromatic heterocycles. The summed E-state index contributed by atoms with van der Waals surface area (Å²) in [6.07, 6.45) is 10.3. The van der Waals surface area contributed by atoms with Crippen molar-refractivity contribution in [2.45, 2.75) is 44.9 Å². The molecule has 2 aromatic carbocycles. The van der Waals surface area contributed by atoms with Crippen LogP contribution in [0.4, 0.5) is 20.4 Å². The van der Waals surface area contributed by atoms with Gasteiger partial charge in [-0.3, -0.25) is 9.36 Å². The Bertz CT molecular complexity index is 2810. The van der Waals surface area contributed by atoms with Crippen molar-refractivity contribution in [3.63, 3.8) is 0 Å². The summed E-state index contributed by atoms with van der Waals surface area (Å²) in [7, 11) is 5.30. The summed E-state index contributed by atoms with van der Waals surface area (Å²) in [5.41, 5.74) is 9.78. The van der Waals surface area contributed by atoms with Gasteiger partial charge >= 0.3 is 6.01 Å². The highest BCUT2D eigenvalue weighted by Crippen LogP contribution is 2.36. The van der Waals surface area contributed by atoms with Crippen LogP contribution in [-0.4, -0.2) is 76.0 Å². The van der Waals surface area contributed by atoms with E-state index in [4.69, 9.17) is 19.2 Å². The maximum atomic E-state index is 14.5. The molecule has 0 aliphatic carbocycles. The molecule has 0 bridgehead atoms. The van der Waals surface area contributed by atoms with E-state index in [9.17, 15) is 8.78 Å². The van der Waals surface area contributed by atoms with E-state index in [1.807, 2.05) is 51.0 Å². The number of benzene rings is 2. The Morgan fingerprint density at radius 3 is 1.66 bits per heavy atom. The van der Waals surface area contributed by atoms with Gasteiger partial charge in [0, 0.05) is 98.2 Å². The average Bonchev–Trinajstić information content (AvgIpc) is 4.09. The Balaban J connectivity index is 0.000000158. The Hall–Kier alpha value is -6.95. The minimum atomic E-state index is -0.263. The van der Waals surface area contributed by atoms with Crippen LogP contribution in [0.1, 0.15) is 33.6 Å². The van der Waals surface area contributed by atoms with Crippen molar-refractivity contribution in [2.75, 3.05) is 37.2 Å². The molecule has 62 heavy (non-hydrogen) atoms. The number of anilines is 2. The van der Waals surface area contributed by atoms with Crippen LogP contribution in [-0.2, 0) is 40.0 Å². The van der Waals surface area contributed by atoms with Crippen LogP contribution in [0, 0.1) is 25.5 Å². The molecule has 2 aliphatic rings. The largest absolute Gasteiger partial charge is 0.493 e. The van der Waals surface area contributed by atoms with Gasteiger partial charge in [0.1, 0.15) is 34.8 Å². The van der Waals surface area contributed by atoms with E-state index in [-0.39, 0.29) is 24.2 Å². The van der Waals surface area contributed by atoms with Crippen LogP contribution in [0.3, 0.4) is 0 Å². The number of hydrogen-bond donors (Lipinski definition) is 2. The van der Waals surface area contributed by atoms with Crippen LogP contribution in [0.2, 0.25) is 0 Å². The summed E-state index contributed by atoms with van der Waals surface area (Å²) in [6, 6.07) is 10.5. The first-order valence-corrected chi connectivity index (χ1v) is 21.1.